The molecule has 1 aromatic heterocycles. The highest BCUT2D eigenvalue weighted by Gasteiger charge is 2.07. The van der Waals surface area contributed by atoms with Gasteiger partial charge in [0.15, 0.2) is 0 Å². The van der Waals surface area contributed by atoms with Gasteiger partial charge < -0.3 is 10.1 Å². The first-order valence-corrected chi connectivity index (χ1v) is 6.42. The lowest BCUT2D eigenvalue weighted by Gasteiger charge is -2.15. The molecular weight excluding hydrogens is 214 g/mol. The normalized spacial score (nSPS) is 12.2. The van der Waals surface area contributed by atoms with Crippen LogP contribution in [0.2, 0.25) is 0 Å². The summed E-state index contributed by atoms with van der Waals surface area (Å²) in [5.74, 6) is 1.96. The van der Waals surface area contributed by atoms with Crippen LogP contribution in [0.25, 0.3) is 0 Å². The third-order valence-corrected chi connectivity index (χ3v) is 2.88. The molecule has 96 valence electrons. The predicted molar refractivity (Wildman–Crippen MR) is 70.4 cm³/mol. The zero-order valence-corrected chi connectivity index (χ0v) is 11.1. The number of nitrogens with one attached hydrogen (secondary N) is 1. The van der Waals surface area contributed by atoms with Crippen LogP contribution in [0.4, 0.5) is 5.82 Å². The van der Waals surface area contributed by atoms with E-state index in [4.69, 9.17) is 4.74 Å². The molecule has 1 N–H and O–H groups in total. The molecule has 0 amide bonds. The molecule has 0 radical (unpaired) electrons. The quantitative estimate of drug-likeness (QED) is 0.754. The number of aromatic nitrogens is 2. The Morgan fingerprint density at radius 1 is 1.35 bits per heavy atom. The highest BCUT2D eigenvalue weighted by atomic mass is 16.5. The molecule has 0 aromatic carbocycles. The van der Waals surface area contributed by atoms with Gasteiger partial charge in [-0.1, -0.05) is 33.1 Å². The summed E-state index contributed by atoms with van der Waals surface area (Å²) in [6.45, 7) is 5.16. The van der Waals surface area contributed by atoms with E-state index in [1.165, 1.54) is 19.3 Å². The Bertz CT molecular complexity index is 317. The number of rotatable bonds is 8. The van der Waals surface area contributed by atoms with Gasteiger partial charge in [0.2, 0.25) is 5.88 Å². The molecule has 1 heterocycles. The predicted octanol–water partition coefficient (Wildman–Crippen LogP) is 3.11. The molecule has 0 aliphatic carbocycles. The van der Waals surface area contributed by atoms with E-state index in [2.05, 4.69) is 29.1 Å². The van der Waals surface area contributed by atoms with Crippen molar-refractivity contribution in [2.45, 2.75) is 39.5 Å². The van der Waals surface area contributed by atoms with Gasteiger partial charge in [-0.05, 0) is 12.3 Å². The van der Waals surface area contributed by atoms with Crippen LogP contribution in [0, 0.1) is 5.92 Å². The lowest BCUT2D eigenvalue weighted by Crippen LogP contribution is -2.12. The minimum atomic E-state index is 0.604. The Morgan fingerprint density at radius 2 is 2.18 bits per heavy atom. The minimum absolute atomic E-state index is 0.604. The fraction of sp³-hybridized carbons (Fsp3) is 0.692. The minimum Gasteiger partial charge on any atom is -0.476 e. The zero-order valence-electron chi connectivity index (χ0n) is 11.1. The molecule has 0 aliphatic heterocycles. The van der Waals surface area contributed by atoms with Crippen molar-refractivity contribution in [3.63, 3.8) is 0 Å². The molecule has 4 nitrogen and oxygen atoms in total. The molecule has 0 saturated heterocycles. The third kappa shape index (κ3) is 5.02. The van der Waals surface area contributed by atoms with Crippen LogP contribution in [-0.4, -0.2) is 23.6 Å². The maximum absolute atomic E-state index is 5.68. The number of hydrogen-bond donors (Lipinski definition) is 1. The molecule has 1 rings (SSSR count). The SMILES string of the molecule is CCCCC(CC)COc1cncc(NC)n1. The highest BCUT2D eigenvalue weighted by molar-refractivity contribution is 5.31. The monoisotopic (exact) mass is 237 g/mol. The molecule has 0 fully saturated rings. The van der Waals surface area contributed by atoms with E-state index in [-0.39, 0.29) is 0 Å². The van der Waals surface area contributed by atoms with Crippen molar-refractivity contribution in [2.75, 3.05) is 19.0 Å². The van der Waals surface area contributed by atoms with E-state index >= 15 is 0 Å². The van der Waals surface area contributed by atoms with Crippen molar-refractivity contribution >= 4 is 5.82 Å². The maximum Gasteiger partial charge on any atom is 0.234 e. The average molecular weight is 237 g/mol. The van der Waals surface area contributed by atoms with Gasteiger partial charge in [-0.3, -0.25) is 4.98 Å². The summed E-state index contributed by atoms with van der Waals surface area (Å²) in [5, 5.41) is 2.95. The van der Waals surface area contributed by atoms with Crippen LogP contribution < -0.4 is 10.1 Å². The molecular formula is C13H23N3O. The summed E-state index contributed by atoms with van der Waals surface area (Å²) in [6, 6.07) is 0. The van der Waals surface area contributed by atoms with Gasteiger partial charge in [0.25, 0.3) is 0 Å². The van der Waals surface area contributed by atoms with Gasteiger partial charge in [-0.15, -0.1) is 0 Å². The van der Waals surface area contributed by atoms with Crippen LogP contribution in [0.5, 0.6) is 5.88 Å². The topological polar surface area (TPSA) is 47.0 Å². The smallest absolute Gasteiger partial charge is 0.234 e. The number of nitrogens with zero attached hydrogens (tertiary/aromatic N) is 2. The second kappa shape index (κ2) is 7.87. The molecule has 1 aromatic rings. The van der Waals surface area contributed by atoms with Gasteiger partial charge >= 0.3 is 0 Å². The Balaban J connectivity index is 2.41. The number of hydrogen-bond acceptors (Lipinski definition) is 4. The van der Waals surface area contributed by atoms with Crippen LogP contribution in [-0.2, 0) is 0 Å². The van der Waals surface area contributed by atoms with Crippen molar-refractivity contribution in [1.29, 1.82) is 0 Å². The Labute approximate surface area is 104 Å². The number of unbranched alkanes of at least 4 members (excludes halogenated alkanes) is 1. The van der Waals surface area contributed by atoms with E-state index in [1.807, 2.05) is 7.05 Å². The largest absolute Gasteiger partial charge is 0.476 e. The van der Waals surface area contributed by atoms with Gasteiger partial charge in [-0.2, -0.15) is 4.98 Å². The van der Waals surface area contributed by atoms with E-state index in [9.17, 15) is 0 Å². The van der Waals surface area contributed by atoms with Crippen molar-refractivity contribution in [2.24, 2.45) is 5.92 Å². The Morgan fingerprint density at radius 3 is 2.82 bits per heavy atom. The third-order valence-electron chi connectivity index (χ3n) is 2.88. The zero-order chi connectivity index (χ0) is 12.5. The molecule has 0 bridgehead atoms. The summed E-state index contributed by atoms with van der Waals surface area (Å²) in [4.78, 5) is 8.35. The molecule has 0 saturated carbocycles. The van der Waals surface area contributed by atoms with E-state index < -0.39 is 0 Å². The molecule has 1 atom stereocenters. The Hall–Kier alpha value is -1.32. The lowest BCUT2D eigenvalue weighted by molar-refractivity contribution is 0.225. The first-order chi connectivity index (χ1) is 8.30. The number of ether oxygens (including phenoxy) is 1. The standard InChI is InChI=1S/C13H23N3O/c1-4-6-7-11(5-2)10-17-13-9-15-8-12(14-3)16-13/h8-9,11H,4-7,10H2,1-3H3,(H,14,16). The molecule has 4 heteroatoms. The summed E-state index contributed by atoms with van der Waals surface area (Å²) in [5.41, 5.74) is 0. The molecule has 17 heavy (non-hydrogen) atoms. The van der Waals surface area contributed by atoms with E-state index in [0.29, 0.717) is 11.8 Å². The summed E-state index contributed by atoms with van der Waals surface area (Å²) in [7, 11) is 1.82. The summed E-state index contributed by atoms with van der Waals surface area (Å²) in [6.07, 6.45) is 8.23. The number of anilines is 1. The van der Waals surface area contributed by atoms with Crippen molar-refractivity contribution in [1.82, 2.24) is 9.97 Å². The summed E-state index contributed by atoms with van der Waals surface area (Å²) < 4.78 is 5.68. The summed E-state index contributed by atoms with van der Waals surface area (Å²) >= 11 is 0. The lowest BCUT2D eigenvalue weighted by atomic mass is 10.0. The van der Waals surface area contributed by atoms with Crippen molar-refractivity contribution in [3.05, 3.63) is 12.4 Å². The fourth-order valence-corrected chi connectivity index (χ4v) is 1.64. The van der Waals surface area contributed by atoms with Crippen LogP contribution in [0.3, 0.4) is 0 Å². The maximum atomic E-state index is 5.68. The van der Waals surface area contributed by atoms with Crippen molar-refractivity contribution in [3.8, 4) is 5.88 Å². The first-order valence-electron chi connectivity index (χ1n) is 6.42. The molecule has 0 spiro atoms. The molecule has 1 unspecified atom stereocenters. The van der Waals surface area contributed by atoms with Crippen LogP contribution in [0.1, 0.15) is 39.5 Å². The Kier molecular flexibility index (Phi) is 6.37. The second-order valence-corrected chi connectivity index (χ2v) is 4.22. The van der Waals surface area contributed by atoms with Crippen LogP contribution >= 0.6 is 0 Å². The molecule has 0 aliphatic rings. The van der Waals surface area contributed by atoms with Gasteiger partial charge in [0.05, 0.1) is 19.0 Å². The fourth-order valence-electron chi connectivity index (χ4n) is 1.64. The van der Waals surface area contributed by atoms with Gasteiger partial charge in [0, 0.05) is 7.05 Å². The average Bonchev–Trinajstić information content (AvgIpc) is 2.39. The van der Waals surface area contributed by atoms with Crippen LogP contribution in [0.15, 0.2) is 12.4 Å². The van der Waals surface area contributed by atoms with Crippen molar-refractivity contribution < 1.29 is 4.74 Å². The van der Waals surface area contributed by atoms with E-state index in [0.717, 1.165) is 18.8 Å². The first kappa shape index (κ1) is 13.7. The second-order valence-electron chi connectivity index (χ2n) is 4.22. The van der Waals surface area contributed by atoms with Gasteiger partial charge in [-0.25, -0.2) is 0 Å². The van der Waals surface area contributed by atoms with Gasteiger partial charge in [0.1, 0.15) is 5.82 Å². The highest BCUT2D eigenvalue weighted by Crippen LogP contribution is 2.15. The van der Waals surface area contributed by atoms with E-state index in [1.54, 1.807) is 12.4 Å².